The lowest BCUT2D eigenvalue weighted by Gasteiger charge is -2.37. The number of nitro groups is 1. The van der Waals surface area contributed by atoms with Crippen molar-refractivity contribution in [1.29, 1.82) is 0 Å². The zero-order chi connectivity index (χ0) is 21.0. The van der Waals surface area contributed by atoms with E-state index in [-0.39, 0.29) is 29.8 Å². The molecule has 0 saturated heterocycles. The number of rotatable bonds is 6. The smallest absolute Gasteiger partial charge is 0.338 e. The van der Waals surface area contributed by atoms with Crippen molar-refractivity contribution in [1.82, 2.24) is 0 Å². The Balaban J connectivity index is 1.92. The standard InChI is InChI=1S/C19H16N4O6/c1-2-16(29-18(25)12-7-9-13(10-8-12)23(26)27)19(21-22-20)11-28-15-6-4-3-5-14(15)17(19)24/h3-10,16H,2,11H2,1H3/t16-,19+/m1/s1. The molecule has 2 aromatic carbocycles. The number of hydrogen-bond donors (Lipinski definition) is 0. The normalized spacial score (nSPS) is 18.6. The van der Waals surface area contributed by atoms with E-state index in [1.54, 1.807) is 31.2 Å². The third-order valence-corrected chi connectivity index (χ3v) is 4.66. The van der Waals surface area contributed by atoms with Gasteiger partial charge in [-0.3, -0.25) is 14.9 Å². The summed E-state index contributed by atoms with van der Waals surface area (Å²) < 4.78 is 11.1. The number of non-ortho nitro benzene ring substituents is 1. The summed E-state index contributed by atoms with van der Waals surface area (Å²) >= 11 is 0. The Morgan fingerprint density at radius 1 is 1.34 bits per heavy atom. The number of ether oxygens (including phenoxy) is 2. The van der Waals surface area contributed by atoms with Crippen molar-refractivity contribution in [2.75, 3.05) is 6.61 Å². The van der Waals surface area contributed by atoms with Gasteiger partial charge in [-0.25, -0.2) is 4.79 Å². The third-order valence-electron chi connectivity index (χ3n) is 4.66. The molecule has 0 aromatic heterocycles. The SMILES string of the molecule is CC[C@@H](OC(=O)c1ccc([N+](=O)[O-])cc1)[C@@]1(N=[N+]=[N-])COc2ccccc2C1=O. The molecule has 10 heteroatoms. The van der Waals surface area contributed by atoms with Crippen LogP contribution in [0.5, 0.6) is 5.75 Å². The van der Waals surface area contributed by atoms with E-state index in [1.165, 1.54) is 24.3 Å². The van der Waals surface area contributed by atoms with E-state index in [4.69, 9.17) is 15.0 Å². The van der Waals surface area contributed by atoms with Crippen LogP contribution in [-0.4, -0.2) is 34.9 Å². The summed E-state index contributed by atoms with van der Waals surface area (Å²) in [7, 11) is 0. The van der Waals surface area contributed by atoms with E-state index in [1.807, 2.05) is 0 Å². The summed E-state index contributed by atoms with van der Waals surface area (Å²) in [5.41, 5.74) is 7.44. The first-order chi connectivity index (χ1) is 13.9. The van der Waals surface area contributed by atoms with Gasteiger partial charge in [0.2, 0.25) is 0 Å². The van der Waals surface area contributed by atoms with Crippen molar-refractivity contribution >= 4 is 17.4 Å². The molecule has 1 heterocycles. The van der Waals surface area contributed by atoms with Crippen molar-refractivity contribution in [3.8, 4) is 5.75 Å². The van der Waals surface area contributed by atoms with E-state index in [2.05, 4.69) is 10.0 Å². The molecule has 1 aliphatic heterocycles. The number of carbonyl (C=O) groups is 2. The van der Waals surface area contributed by atoms with Gasteiger partial charge in [0.15, 0.2) is 11.3 Å². The molecule has 0 radical (unpaired) electrons. The van der Waals surface area contributed by atoms with Crippen molar-refractivity contribution in [2.45, 2.75) is 25.0 Å². The van der Waals surface area contributed by atoms with Crippen LogP contribution in [0.15, 0.2) is 53.6 Å². The van der Waals surface area contributed by atoms with Crippen LogP contribution < -0.4 is 4.74 Å². The Kier molecular flexibility index (Phi) is 5.47. The van der Waals surface area contributed by atoms with Crippen LogP contribution in [0.2, 0.25) is 0 Å². The topological polar surface area (TPSA) is 144 Å². The minimum absolute atomic E-state index is 0.0646. The Hall–Kier alpha value is -3.91. The molecule has 148 valence electrons. The second kappa shape index (κ2) is 7.99. The molecule has 0 bridgehead atoms. The van der Waals surface area contributed by atoms with Crippen molar-refractivity contribution in [3.05, 3.63) is 80.2 Å². The zero-order valence-electron chi connectivity index (χ0n) is 15.3. The van der Waals surface area contributed by atoms with Gasteiger partial charge in [-0.15, -0.1) is 0 Å². The number of hydrogen-bond acceptors (Lipinski definition) is 7. The summed E-state index contributed by atoms with van der Waals surface area (Å²) in [6.45, 7) is 1.40. The summed E-state index contributed by atoms with van der Waals surface area (Å²) in [6, 6.07) is 11.4. The van der Waals surface area contributed by atoms with Crippen LogP contribution >= 0.6 is 0 Å². The molecular formula is C19H16N4O6. The minimum Gasteiger partial charge on any atom is -0.491 e. The third kappa shape index (κ3) is 3.61. The number of carbonyl (C=O) groups excluding carboxylic acids is 2. The fourth-order valence-corrected chi connectivity index (χ4v) is 3.16. The van der Waals surface area contributed by atoms with Gasteiger partial charge in [0.05, 0.1) is 16.1 Å². The van der Waals surface area contributed by atoms with Crippen LogP contribution in [0.1, 0.15) is 34.1 Å². The molecule has 0 N–H and O–H groups in total. The molecule has 0 saturated carbocycles. The predicted octanol–water partition coefficient (Wildman–Crippen LogP) is 3.85. The van der Waals surface area contributed by atoms with E-state index >= 15 is 0 Å². The van der Waals surface area contributed by atoms with E-state index < -0.39 is 28.3 Å². The first-order valence-corrected chi connectivity index (χ1v) is 8.71. The Morgan fingerprint density at radius 3 is 2.66 bits per heavy atom. The molecule has 0 aliphatic carbocycles. The first-order valence-electron chi connectivity index (χ1n) is 8.71. The Labute approximate surface area is 164 Å². The molecule has 0 amide bonds. The number of fused-ring (bicyclic) bond motifs is 1. The fraction of sp³-hybridized carbons (Fsp3) is 0.263. The molecule has 0 fully saturated rings. The summed E-state index contributed by atoms with van der Waals surface area (Å²) in [5.74, 6) is -0.941. The van der Waals surface area contributed by atoms with Crippen LogP contribution in [0.3, 0.4) is 0 Å². The van der Waals surface area contributed by atoms with Gasteiger partial charge in [0, 0.05) is 17.0 Å². The molecule has 29 heavy (non-hydrogen) atoms. The Morgan fingerprint density at radius 2 is 2.03 bits per heavy atom. The van der Waals surface area contributed by atoms with E-state index in [9.17, 15) is 19.7 Å². The van der Waals surface area contributed by atoms with Crippen molar-refractivity contribution in [3.63, 3.8) is 0 Å². The highest BCUT2D eigenvalue weighted by atomic mass is 16.6. The quantitative estimate of drug-likeness (QED) is 0.181. The maximum atomic E-state index is 13.2. The lowest BCUT2D eigenvalue weighted by molar-refractivity contribution is -0.384. The Bertz CT molecular complexity index is 1020. The van der Waals surface area contributed by atoms with Crippen molar-refractivity contribution < 1.29 is 24.0 Å². The predicted molar refractivity (Wildman–Crippen MR) is 101 cm³/mol. The maximum Gasteiger partial charge on any atom is 0.338 e. The molecule has 0 unspecified atom stereocenters. The summed E-state index contributed by atoms with van der Waals surface area (Å²) in [4.78, 5) is 38.7. The average Bonchev–Trinajstić information content (AvgIpc) is 2.74. The minimum atomic E-state index is -1.76. The summed E-state index contributed by atoms with van der Waals surface area (Å²) in [5, 5.41) is 14.4. The van der Waals surface area contributed by atoms with Gasteiger partial charge in [0.25, 0.3) is 5.69 Å². The van der Waals surface area contributed by atoms with Gasteiger partial charge in [-0.05, 0) is 36.2 Å². The van der Waals surface area contributed by atoms with Crippen LogP contribution in [0.4, 0.5) is 5.69 Å². The molecule has 1 aliphatic rings. The van der Waals surface area contributed by atoms with Gasteiger partial charge in [-0.2, -0.15) is 0 Å². The molecule has 0 spiro atoms. The van der Waals surface area contributed by atoms with Crippen LogP contribution in [-0.2, 0) is 4.74 Å². The number of benzene rings is 2. The molecule has 3 rings (SSSR count). The number of ketones is 1. The monoisotopic (exact) mass is 396 g/mol. The van der Waals surface area contributed by atoms with E-state index in [0.717, 1.165) is 0 Å². The van der Waals surface area contributed by atoms with Gasteiger partial charge < -0.3 is 9.47 Å². The molecule has 2 aromatic rings. The number of Topliss-reactive ketones (excluding diaryl/α,β-unsaturated/α-hetero) is 1. The fourth-order valence-electron chi connectivity index (χ4n) is 3.16. The largest absolute Gasteiger partial charge is 0.491 e. The van der Waals surface area contributed by atoms with Gasteiger partial charge in [-0.1, -0.05) is 24.2 Å². The highest BCUT2D eigenvalue weighted by molar-refractivity contribution is 6.07. The van der Waals surface area contributed by atoms with Gasteiger partial charge >= 0.3 is 5.97 Å². The average molecular weight is 396 g/mol. The maximum absolute atomic E-state index is 13.2. The molecule has 2 atom stereocenters. The second-order valence-corrected chi connectivity index (χ2v) is 6.33. The van der Waals surface area contributed by atoms with Crippen LogP contribution in [0, 0.1) is 10.1 Å². The number of nitrogens with zero attached hydrogens (tertiary/aromatic N) is 4. The molecule has 10 nitrogen and oxygen atoms in total. The number of para-hydroxylation sites is 1. The van der Waals surface area contributed by atoms with Crippen LogP contribution in [0.25, 0.3) is 10.4 Å². The number of nitro benzene ring substituents is 1. The lowest BCUT2D eigenvalue weighted by atomic mass is 9.82. The zero-order valence-corrected chi connectivity index (χ0v) is 15.3. The highest BCUT2D eigenvalue weighted by Gasteiger charge is 2.51. The second-order valence-electron chi connectivity index (χ2n) is 6.33. The molecular weight excluding hydrogens is 380 g/mol. The summed E-state index contributed by atoms with van der Waals surface area (Å²) in [6.07, 6.45) is -0.920. The number of azide groups is 1. The number of esters is 1. The highest BCUT2D eigenvalue weighted by Crippen LogP contribution is 2.36. The van der Waals surface area contributed by atoms with E-state index in [0.29, 0.717) is 5.75 Å². The first kappa shape index (κ1) is 19.8. The van der Waals surface area contributed by atoms with Crippen molar-refractivity contribution in [2.24, 2.45) is 5.11 Å². The van der Waals surface area contributed by atoms with Gasteiger partial charge in [0.1, 0.15) is 18.5 Å². The lowest BCUT2D eigenvalue weighted by Crippen LogP contribution is -2.55.